The van der Waals surface area contributed by atoms with Gasteiger partial charge in [-0.05, 0) is 29.3 Å². The van der Waals surface area contributed by atoms with Gasteiger partial charge >= 0.3 is 6.18 Å². The maximum Gasteiger partial charge on any atom is 0.453 e. The normalized spacial score (nSPS) is 12.1. The van der Waals surface area contributed by atoms with Crippen LogP contribution in [-0.2, 0) is 19.8 Å². The van der Waals surface area contributed by atoms with Gasteiger partial charge in [-0.25, -0.2) is 23.7 Å². The Balaban J connectivity index is 1.67. The van der Waals surface area contributed by atoms with Gasteiger partial charge in [0.05, 0.1) is 23.7 Å². The van der Waals surface area contributed by atoms with Crippen molar-refractivity contribution in [2.45, 2.75) is 12.7 Å². The van der Waals surface area contributed by atoms with Gasteiger partial charge in [0.15, 0.2) is 11.5 Å². The van der Waals surface area contributed by atoms with Crippen molar-refractivity contribution < 1.29 is 17.6 Å². The Labute approximate surface area is 159 Å². The minimum absolute atomic E-state index is 0.0542. The van der Waals surface area contributed by atoms with Crippen molar-refractivity contribution in [1.29, 1.82) is 0 Å². The lowest BCUT2D eigenvalue weighted by Crippen LogP contribution is -2.08. The van der Waals surface area contributed by atoms with E-state index in [1.165, 1.54) is 30.1 Å². The van der Waals surface area contributed by atoms with E-state index < -0.39 is 17.8 Å². The summed E-state index contributed by atoms with van der Waals surface area (Å²) in [4.78, 5) is 11.4. The van der Waals surface area contributed by atoms with Crippen molar-refractivity contribution >= 4 is 22.6 Å². The van der Waals surface area contributed by atoms with E-state index in [4.69, 9.17) is 11.6 Å². The number of hydrogen-bond donors (Lipinski definition) is 0. The number of hydrogen-bond acceptors (Lipinski definition) is 5. The quantitative estimate of drug-likeness (QED) is 0.381. The molecule has 0 atom stereocenters. The zero-order chi connectivity index (χ0) is 20.1. The number of aromatic nitrogens is 7. The fourth-order valence-corrected chi connectivity index (χ4v) is 2.84. The van der Waals surface area contributed by atoms with Crippen molar-refractivity contribution in [3.63, 3.8) is 0 Å². The number of nitrogens with zero attached hydrogens (tertiary/aromatic N) is 7. The summed E-state index contributed by atoms with van der Waals surface area (Å²) in [6.07, 6.45) is -1.64. The maximum absolute atomic E-state index is 14.6. The van der Waals surface area contributed by atoms with Crippen LogP contribution in [0.25, 0.3) is 22.4 Å². The highest BCUT2D eigenvalue weighted by Crippen LogP contribution is 2.29. The molecule has 0 saturated heterocycles. The summed E-state index contributed by atoms with van der Waals surface area (Å²) in [7, 11) is 1.27. The van der Waals surface area contributed by atoms with E-state index >= 15 is 0 Å². The van der Waals surface area contributed by atoms with Crippen LogP contribution in [0.1, 0.15) is 11.4 Å². The van der Waals surface area contributed by atoms with E-state index in [2.05, 4.69) is 25.1 Å². The van der Waals surface area contributed by atoms with E-state index in [0.29, 0.717) is 16.6 Å². The molecule has 0 aliphatic heterocycles. The van der Waals surface area contributed by atoms with Crippen LogP contribution in [0.2, 0.25) is 5.28 Å². The first-order valence-corrected chi connectivity index (χ1v) is 8.21. The van der Waals surface area contributed by atoms with Crippen molar-refractivity contribution in [1.82, 2.24) is 34.5 Å². The Morgan fingerprint density at radius 3 is 2.61 bits per heavy atom. The highest BCUT2D eigenvalue weighted by Gasteiger charge is 2.37. The molecule has 0 N–H and O–H groups in total. The summed E-state index contributed by atoms with van der Waals surface area (Å²) in [5.74, 6) is -2.28. The smallest absolute Gasteiger partial charge is 0.248 e. The molecule has 0 fully saturated rings. The molecule has 28 heavy (non-hydrogen) atoms. The number of aryl methyl sites for hydroxylation is 1. The Morgan fingerprint density at radius 2 is 1.93 bits per heavy atom. The molecule has 0 spiro atoms. The molecule has 144 valence electrons. The monoisotopic (exact) mass is 411 g/mol. The SMILES string of the molecule is Cn1nc(C(F)(F)F)nc1-c1ccc(Cn2ncc3cnc(Cl)nc32)cc1F. The average Bonchev–Trinajstić information content (AvgIpc) is 3.19. The van der Waals surface area contributed by atoms with Crippen molar-refractivity contribution in [3.8, 4) is 11.4 Å². The predicted octanol–water partition coefficient (Wildman–Crippen LogP) is 3.48. The van der Waals surface area contributed by atoms with Crippen LogP contribution in [0, 0.1) is 5.82 Å². The molecule has 4 rings (SSSR count). The van der Waals surface area contributed by atoms with Gasteiger partial charge in [-0.2, -0.15) is 23.3 Å². The zero-order valence-corrected chi connectivity index (χ0v) is 14.9. The molecule has 0 radical (unpaired) electrons. The summed E-state index contributed by atoms with van der Waals surface area (Å²) >= 11 is 5.79. The molecule has 0 aliphatic rings. The number of halogens is 5. The van der Waals surface area contributed by atoms with Crippen molar-refractivity contribution in [2.24, 2.45) is 7.05 Å². The lowest BCUT2D eigenvalue weighted by molar-refractivity contribution is -0.144. The number of fused-ring (bicyclic) bond motifs is 1. The van der Waals surface area contributed by atoms with Crippen LogP contribution < -0.4 is 0 Å². The molecule has 12 heteroatoms. The summed E-state index contributed by atoms with van der Waals surface area (Å²) in [5, 5.41) is 8.19. The lowest BCUT2D eigenvalue weighted by atomic mass is 10.1. The van der Waals surface area contributed by atoms with Gasteiger partial charge in [0.2, 0.25) is 5.28 Å². The minimum atomic E-state index is -4.71. The van der Waals surface area contributed by atoms with Gasteiger partial charge in [-0.3, -0.25) is 0 Å². The largest absolute Gasteiger partial charge is 0.453 e. The van der Waals surface area contributed by atoms with Crippen LogP contribution in [0.4, 0.5) is 17.6 Å². The van der Waals surface area contributed by atoms with Gasteiger partial charge < -0.3 is 0 Å². The third-order valence-electron chi connectivity index (χ3n) is 3.97. The fourth-order valence-electron chi connectivity index (χ4n) is 2.71. The zero-order valence-electron chi connectivity index (χ0n) is 14.1. The second kappa shape index (κ2) is 6.51. The van der Waals surface area contributed by atoms with Gasteiger partial charge in [0.1, 0.15) is 5.82 Å². The molecule has 0 unspecified atom stereocenters. The maximum atomic E-state index is 14.6. The first kappa shape index (κ1) is 18.3. The first-order valence-electron chi connectivity index (χ1n) is 7.83. The molecule has 3 aromatic heterocycles. The molecule has 0 aliphatic carbocycles. The van der Waals surface area contributed by atoms with Gasteiger partial charge in [-0.15, -0.1) is 5.10 Å². The molecule has 0 amide bonds. The van der Waals surface area contributed by atoms with Crippen LogP contribution in [0.5, 0.6) is 0 Å². The minimum Gasteiger partial charge on any atom is -0.248 e. The Hall–Kier alpha value is -3.08. The van der Waals surface area contributed by atoms with Gasteiger partial charge in [0.25, 0.3) is 5.82 Å². The third-order valence-corrected chi connectivity index (χ3v) is 4.15. The van der Waals surface area contributed by atoms with Gasteiger partial charge in [-0.1, -0.05) is 6.07 Å². The number of alkyl halides is 3. The van der Waals surface area contributed by atoms with Crippen LogP contribution in [0.15, 0.2) is 30.6 Å². The molecule has 0 bridgehead atoms. The highest BCUT2D eigenvalue weighted by molar-refractivity contribution is 6.28. The van der Waals surface area contributed by atoms with Crippen molar-refractivity contribution in [2.75, 3.05) is 0 Å². The second-order valence-corrected chi connectivity index (χ2v) is 6.25. The third kappa shape index (κ3) is 3.28. The van der Waals surface area contributed by atoms with Crippen LogP contribution >= 0.6 is 11.6 Å². The molecule has 0 saturated carbocycles. The summed E-state index contributed by atoms with van der Waals surface area (Å²) in [6.45, 7) is 0.181. The van der Waals surface area contributed by atoms with Gasteiger partial charge in [0, 0.05) is 13.2 Å². The fraction of sp³-hybridized carbons (Fsp3) is 0.188. The molecular formula is C16H10ClF4N7. The lowest BCUT2D eigenvalue weighted by Gasteiger charge is -2.07. The van der Waals surface area contributed by atoms with E-state index in [9.17, 15) is 17.6 Å². The standard InChI is InChI=1S/C16H10ClF4N7/c1-27-13(24-14(26-27)16(19,20)21)10-3-2-8(4-11(10)18)7-28-12-9(6-23-28)5-22-15(17)25-12/h2-6H,7H2,1H3. The summed E-state index contributed by atoms with van der Waals surface area (Å²) < 4.78 is 55.3. The summed E-state index contributed by atoms with van der Waals surface area (Å²) in [5.41, 5.74) is 0.914. The Kier molecular flexibility index (Phi) is 4.26. The summed E-state index contributed by atoms with van der Waals surface area (Å²) in [6, 6.07) is 4.12. The molecule has 1 aromatic carbocycles. The van der Waals surface area contributed by atoms with E-state index in [1.807, 2.05) is 0 Å². The first-order chi connectivity index (χ1) is 13.2. The molecule has 4 aromatic rings. The molecular weight excluding hydrogens is 402 g/mol. The highest BCUT2D eigenvalue weighted by atomic mass is 35.5. The van der Waals surface area contributed by atoms with E-state index in [-0.39, 0.29) is 23.2 Å². The average molecular weight is 412 g/mol. The van der Waals surface area contributed by atoms with Crippen LogP contribution in [-0.4, -0.2) is 34.5 Å². The molecule has 7 nitrogen and oxygen atoms in total. The van der Waals surface area contributed by atoms with E-state index in [0.717, 1.165) is 4.68 Å². The predicted molar refractivity (Wildman–Crippen MR) is 90.8 cm³/mol. The number of rotatable bonds is 3. The number of benzene rings is 1. The van der Waals surface area contributed by atoms with Crippen LogP contribution in [0.3, 0.4) is 0 Å². The topological polar surface area (TPSA) is 74.3 Å². The van der Waals surface area contributed by atoms with E-state index in [1.54, 1.807) is 12.3 Å². The second-order valence-electron chi connectivity index (χ2n) is 5.91. The Morgan fingerprint density at radius 1 is 1.14 bits per heavy atom. The Bertz CT molecular complexity index is 1180. The van der Waals surface area contributed by atoms with Crippen molar-refractivity contribution in [3.05, 3.63) is 53.1 Å². The molecule has 3 heterocycles.